The fraction of sp³-hybridized carbons (Fsp3) is 0.100. The summed E-state index contributed by atoms with van der Waals surface area (Å²) in [4.78, 5) is 6.59. The Bertz CT molecular complexity index is 922. The van der Waals surface area contributed by atoms with Crippen molar-refractivity contribution in [2.24, 2.45) is 0 Å². The van der Waals surface area contributed by atoms with Crippen molar-refractivity contribution in [2.45, 2.75) is 0 Å². The van der Waals surface area contributed by atoms with Gasteiger partial charge in [0.25, 0.3) is 0 Å². The van der Waals surface area contributed by atoms with E-state index < -0.39 is 0 Å². The monoisotopic (exact) mass is 314 g/mol. The van der Waals surface area contributed by atoms with Gasteiger partial charge in [0, 0.05) is 30.7 Å². The van der Waals surface area contributed by atoms with Gasteiger partial charge in [0.15, 0.2) is 0 Å². The van der Waals surface area contributed by atoms with Crippen LogP contribution in [-0.4, -0.2) is 24.0 Å². The number of hydrogen-bond donors (Lipinski definition) is 1. The van der Waals surface area contributed by atoms with Crippen molar-refractivity contribution in [3.05, 3.63) is 71.9 Å². The number of rotatable bonds is 4. The van der Waals surface area contributed by atoms with Crippen LogP contribution in [-0.2, 0) is 0 Å². The van der Waals surface area contributed by atoms with Gasteiger partial charge in [0.1, 0.15) is 17.5 Å². The molecule has 0 bridgehead atoms. The van der Waals surface area contributed by atoms with Crippen LogP contribution in [0.25, 0.3) is 17.0 Å². The first-order valence-corrected chi connectivity index (χ1v) is 7.68. The van der Waals surface area contributed by atoms with E-state index in [1.54, 1.807) is 0 Å². The minimum atomic E-state index is 0.538. The second-order valence-corrected chi connectivity index (χ2v) is 5.65. The smallest absolute Gasteiger partial charge is 0.149 e. The highest BCUT2D eigenvalue weighted by Crippen LogP contribution is 2.29. The summed E-state index contributed by atoms with van der Waals surface area (Å²) in [6.07, 6.45) is 3.90. The Morgan fingerprint density at radius 3 is 2.46 bits per heavy atom. The van der Waals surface area contributed by atoms with Gasteiger partial charge >= 0.3 is 0 Å². The molecule has 0 radical (unpaired) electrons. The third-order valence-corrected chi connectivity index (χ3v) is 3.62. The number of nitrogens with zero attached hydrogens (tertiary/aromatic N) is 3. The molecule has 24 heavy (non-hydrogen) atoms. The van der Waals surface area contributed by atoms with E-state index in [0.29, 0.717) is 11.4 Å². The Morgan fingerprint density at radius 2 is 1.75 bits per heavy atom. The molecule has 0 spiro atoms. The number of nitriles is 1. The maximum Gasteiger partial charge on any atom is 0.149 e. The number of para-hydroxylation sites is 2. The highest BCUT2D eigenvalue weighted by molar-refractivity contribution is 5.93. The van der Waals surface area contributed by atoms with Crippen LogP contribution in [0.5, 0.6) is 0 Å². The van der Waals surface area contributed by atoms with Crippen LogP contribution in [0.15, 0.2) is 60.8 Å². The first kappa shape index (κ1) is 15.6. The molecule has 0 saturated heterocycles. The number of pyridine rings is 1. The van der Waals surface area contributed by atoms with Crippen LogP contribution in [0.2, 0.25) is 0 Å². The molecule has 0 amide bonds. The number of hydrogen-bond acceptors (Lipinski definition) is 4. The van der Waals surface area contributed by atoms with E-state index in [2.05, 4.69) is 16.4 Å². The van der Waals surface area contributed by atoms with Crippen molar-refractivity contribution in [3.63, 3.8) is 0 Å². The van der Waals surface area contributed by atoms with Crippen LogP contribution in [0, 0.1) is 11.3 Å². The number of aromatic nitrogens is 1. The maximum atomic E-state index is 9.72. The van der Waals surface area contributed by atoms with Gasteiger partial charge in [0.05, 0.1) is 5.52 Å². The van der Waals surface area contributed by atoms with Crippen molar-refractivity contribution < 1.29 is 0 Å². The average molecular weight is 314 g/mol. The minimum absolute atomic E-state index is 0.538. The number of anilines is 2. The number of nitrogens with one attached hydrogen (secondary N) is 1. The summed E-state index contributed by atoms with van der Waals surface area (Å²) in [5.74, 6) is 0.570. The molecule has 4 nitrogen and oxygen atoms in total. The molecule has 4 heteroatoms. The predicted octanol–water partition coefficient (Wildman–Crippen LogP) is 4.38. The van der Waals surface area contributed by atoms with Crippen LogP contribution in [0.3, 0.4) is 0 Å². The first-order chi connectivity index (χ1) is 11.7. The Labute approximate surface area is 141 Å². The van der Waals surface area contributed by atoms with E-state index in [4.69, 9.17) is 0 Å². The summed E-state index contributed by atoms with van der Waals surface area (Å²) < 4.78 is 0. The van der Waals surface area contributed by atoms with Gasteiger partial charge in [-0.2, -0.15) is 5.26 Å². The summed E-state index contributed by atoms with van der Waals surface area (Å²) in [5.41, 5.74) is 3.17. The molecule has 0 atom stereocenters. The van der Waals surface area contributed by atoms with Crippen molar-refractivity contribution in [3.8, 4) is 6.07 Å². The van der Waals surface area contributed by atoms with Crippen molar-refractivity contribution in [2.75, 3.05) is 19.4 Å². The molecular weight excluding hydrogens is 296 g/mol. The lowest BCUT2D eigenvalue weighted by molar-refractivity contribution is 0.567. The number of fused-ring (bicyclic) bond motifs is 1. The quantitative estimate of drug-likeness (QED) is 0.776. The van der Waals surface area contributed by atoms with Gasteiger partial charge in [-0.05, 0) is 30.5 Å². The van der Waals surface area contributed by atoms with Crippen molar-refractivity contribution in [1.82, 2.24) is 9.88 Å². The first-order valence-electron chi connectivity index (χ1n) is 7.68. The molecule has 1 heterocycles. The van der Waals surface area contributed by atoms with Crippen LogP contribution in [0.1, 0.15) is 11.1 Å². The molecule has 0 saturated carbocycles. The molecular formula is C20H18N4. The van der Waals surface area contributed by atoms with Gasteiger partial charge in [-0.3, -0.25) is 0 Å². The highest BCUT2D eigenvalue weighted by Gasteiger charge is 2.13. The van der Waals surface area contributed by atoms with E-state index in [1.165, 1.54) is 0 Å². The molecule has 2 aromatic carbocycles. The summed E-state index contributed by atoms with van der Waals surface area (Å²) in [6, 6.07) is 19.9. The fourth-order valence-electron chi connectivity index (χ4n) is 2.50. The minimum Gasteiger partial charge on any atom is -0.383 e. The zero-order valence-corrected chi connectivity index (χ0v) is 13.7. The van der Waals surface area contributed by atoms with Gasteiger partial charge in [-0.25, -0.2) is 4.98 Å². The summed E-state index contributed by atoms with van der Waals surface area (Å²) in [7, 11) is 3.91. The van der Waals surface area contributed by atoms with E-state index in [-0.39, 0.29) is 0 Å². The van der Waals surface area contributed by atoms with Gasteiger partial charge in [-0.1, -0.05) is 36.4 Å². The van der Waals surface area contributed by atoms with Gasteiger partial charge in [0.2, 0.25) is 0 Å². The molecule has 0 aliphatic heterocycles. The van der Waals surface area contributed by atoms with E-state index in [0.717, 1.165) is 22.2 Å². The maximum absolute atomic E-state index is 9.72. The van der Waals surface area contributed by atoms with Gasteiger partial charge in [-0.15, -0.1) is 0 Å². The molecule has 3 rings (SSSR count). The SMILES string of the molecule is CN(C)/C=C/c1c(C#N)c(Nc2ccccc2)nc2ccccc12. The summed E-state index contributed by atoms with van der Waals surface area (Å²) in [6.45, 7) is 0. The Kier molecular flexibility index (Phi) is 4.44. The molecule has 1 N–H and O–H groups in total. The fourth-order valence-corrected chi connectivity index (χ4v) is 2.50. The third-order valence-electron chi connectivity index (χ3n) is 3.62. The molecule has 118 valence electrons. The Morgan fingerprint density at radius 1 is 1.04 bits per heavy atom. The second kappa shape index (κ2) is 6.84. The van der Waals surface area contributed by atoms with E-state index in [1.807, 2.05) is 85.9 Å². The lowest BCUT2D eigenvalue weighted by atomic mass is 10.0. The zero-order valence-electron chi connectivity index (χ0n) is 13.7. The highest BCUT2D eigenvalue weighted by atomic mass is 15.0. The van der Waals surface area contributed by atoms with Gasteiger partial charge < -0.3 is 10.2 Å². The molecule has 1 aromatic heterocycles. The zero-order chi connectivity index (χ0) is 16.9. The predicted molar refractivity (Wildman–Crippen MR) is 98.9 cm³/mol. The average Bonchev–Trinajstić information content (AvgIpc) is 2.60. The third kappa shape index (κ3) is 3.21. The lowest BCUT2D eigenvalue weighted by Crippen LogP contribution is -2.02. The summed E-state index contributed by atoms with van der Waals surface area (Å²) in [5, 5.41) is 14.0. The molecule has 3 aromatic rings. The lowest BCUT2D eigenvalue weighted by Gasteiger charge is -2.13. The van der Waals surface area contributed by atoms with Crippen LogP contribution in [0.4, 0.5) is 11.5 Å². The molecule has 0 fully saturated rings. The molecule has 0 aliphatic rings. The van der Waals surface area contributed by atoms with Crippen molar-refractivity contribution in [1.29, 1.82) is 5.26 Å². The second-order valence-electron chi connectivity index (χ2n) is 5.65. The Balaban J connectivity index is 2.20. The topological polar surface area (TPSA) is 52.0 Å². The van der Waals surface area contributed by atoms with E-state index in [9.17, 15) is 5.26 Å². The molecule has 0 aliphatic carbocycles. The standard InChI is InChI=1S/C20H18N4/c1-24(2)13-12-16-17-10-6-7-11-19(17)23-20(18(16)14-21)22-15-8-4-3-5-9-15/h3-13H,1-2H3,(H,22,23)/b13-12+. The molecule has 0 unspecified atom stereocenters. The van der Waals surface area contributed by atoms with Crippen LogP contribution < -0.4 is 5.32 Å². The van der Waals surface area contributed by atoms with E-state index >= 15 is 0 Å². The normalized spacial score (nSPS) is 10.7. The Hall–Kier alpha value is -3.32. The van der Waals surface area contributed by atoms with Crippen molar-refractivity contribution >= 4 is 28.5 Å². The summed E-state index contributed by atoms with van der Waals surface area (Å²) >= 11 is 0. The number of benzene rings is 2. The largest absolute Gasteiger partial charge is 0.383 e. The van der Waals surface area contributed by atoms with Crippen LogP contribution >= 0.6 is 0 Å².